The number of non-ortho nitro benzene ring substituents is 1. The van der Waals surface area contributed by atoms with Crippen LogP contribution in [0.1, 0.15) is 22.8 Å². The van der Waals surface area contributed by atoms with Crippen LogP contribution in [0.5, 0.6) is 0 Å². The number of aryl methyl sites for hydroxylation is 1. The normalized spacial score (nSPS) is 10.1. The van der Waals surface area contributed by atoms with E-state index < -0.39 is 23.4 Å². The van der Waals surface area contributed by atoms with Crippen LogP contribution in [-0.4, -0.2) is 30.5 Å². The molecule has 2 N–H and O–H groups in total. The molecule has 0 spiro atoms. The van der Waals surface area contributed by atoms with Gasteiger partial charge >= 0.3 is 5.97 Å². The van der Waals surface area contributed by atoms with Gasteiger partial charge in [0.05, 0.1) is 10.5 Å². The third-order valence-electron chi connectivity index (χ3n) is 3.71. The lowest BCUT2D eigenvalue weighted by Gasteiger charge is -2.11. The van der Waals surface area contributed by atoms with Gasteiger partial charge in [0.1, 0.15) is 0 Å². The Bertz CT molecular complexity index is 835. The number of carbonyl (C=O) groups is 2. The molecule has 0 unspecified atom stereocenters. The number of nitrogens with zero attached hydrogens (tertiary/aromatic N) is 1. The van der Waals surface area contributed by atoms with Gasteiger partial charge in [-0.2, -0.15) is 0 Å². The number of nitro groups is 1. The van der Waals surface area contributed by atoms with Gasteiger partial charge in [-0.05, 0) is 24.1 Å². The lowest BCUT2D eigenvalue weighted by Crippen LogP contribution is -2.22. The number of hydrogen-bond donors (Lipinski definition) is 2. The zero-order chi connectivity index (χ0) is 19.1. The number of esters is 1. The molecule has 2 rings (SSSR count). The Kier molecular flexibility index (Phi) is 6.26. The van der Waals surface area contributed by atoms with Gasteiger partial charge in [-0.3, -0.25) is 14.9 Å². The highest BCUT2D eigenvalue weighted by molar-refractivity contribution is 5.99. The summed E-state index contributed by atoms with van der Waals surface area (Å²) in [4.78, 5) is 34.5. The number of benzene rings is 2. The van der Waals surface area contributed by atoms with Crippen LogP contribution in [-0.2, 0) is 16.0 Å². The molecule has 0 aromatic heterocycles. The van der Waals surface area contributed by atoms with E-state index in [1.165, 1.54) is 12.1 Å². The molecule has 0 heterocycles. The Hall–Kier alpha value is -3.42. The van der Waals surface area contributed by atoms with E-state index in [1.807, 2.05) is 19.1 Å². The molecule has 0 saturated heterocycles. The van der Waals surface area contributed by atoms with Gasteiger partial charge in [-0.1, -0.05) is 25.1 Å². The molecule has 136 valence electrons. The lowest BCUT2D eigenvalue weighted by molar-refractivity contribution is -0.384. The summed E-state index contributed by atoms with van der Waals surface area (Å²) in [6.45, 7) is 1.47. The molecule has 0 bridgehead atoms. The number of anilines is 2. The van der Waals surface area contributed by atoms with Crippen LogP contribution >= 0.6 is 0 Å². The van der Waals surface area contributed by atoms with E-state index in [-0.39, 0.29) is 11.3 Å². The average molecular weight is 357 g/mol. The summed E-state index contributed by atoms with van der Waals surface area (Å²) in [6, 6.07) is 11.1. The molecule has 26 heavy (non-hydrogen) atoms. The Labute approximate surface area is 150 Å². The first-order chi connectivity index (χ1) is 12.5. The molecule has 0 radical (unpaired) electrons. The van der Waals surface area contributed by atoms with Gasteiger partial charge in [0.2, 0.25) is 0 Å². The van der Waals surface area contributed by atoms with E-state index in [2.05, 4.69) is 10.6 Å². The monoisotopic (exact) mass is 357 g/mol. The molecular weight excluding hydrogens is 338 g/mol. The van der Waals surface area contributed by atoms with Crippen molar-refractivity contribution in [1.29, 1.82) is 0 Å². The minimum atomic E-state index is -0.822. The molecule has 0 aliphatic rings. The summed E-state index contributed by atoms with van der Waals surface area (Å²) in [7, 11) is 1.58. The fourth-order valence-corrected chi connectivity index (χ4v) is 2.38. The van der Waals surface area contributed by atoms with E-state index in [1.54, 1.807) is 19.2 Å². The zero-order valence-corrected chi connectivity index (χ0v) is 14.4. The number of rotatable bonds is 7. The topological polar surface area (TPSA) is 111 Å². The third kappa shape index (κ3) is 4.56. The SMILES string of the molecule is CCc1ccccc1NC(=O)COC(=O)c1cc([N+](=O)[O-])ccc1NC. The highest BCUT2D eigenvalue weighted by atomic mass is 16.6. The molecule has 0 aliphatic carbocycles. The van der Waals surface area contributed by atoms with E-state index >= 15 is 0 Å². The lowest BCUT2D eigenvalue weighted by atomic mass is 10.1. The van der Waals surface area contributed by atoms with E-state index in [4.69, 9.17) is 4.74 Å². The maximum Gasteiger partial charge on any atom is 0.341 e. The number of ether oxygens (including phenoxy) is 1. The maximum absolute atomic E-state index is 12.2. The summed E-state index contributed by atoms with van der Waals surface area (Å²) >= 11 is 0. The van der Waals surface area contributed by atoms with Crippen molar-refractivity contribution in [1.82, 2.24) is 0 Å². The summed E-state index contributed by atoms with van der Waals surface area (Å²) in [5.41, 5.74) is 1.74. The predicted octanol–water partition coefficient (Wildman–Crippen LogP) is 2.99. The number of carbonyl (C=O) groups excluding carboxylic acids is 2. The molecule has 0 saturated carbocycles. The molecule has 0 atom stereocenters. The largest absolute Gasteiger partial charge is 0.452 e. The zero-order valence-electron chi connectivity index (χ0n) is 14.4. The van der Waals surface area contributed by atoms with Crippen molar-refractivity contribution in [3.05, 3.63) is 63.7 Å². The smallest absolute Gasteiger partial charge is 0.341 e. The molecule has 8 nitrogen and oxygen atoms in total. The minimum absolute atomic E-state index is 0.0107. The standard InChI is InChI=1S/C18H19N3O5/c1-3-12-6-4-5-7-15(12)20-17(22)11-26-18(23)14-10-13(21(24)25)8-9-16(14)19-2/h4-10,19H,3,11H2,1-2H3,(H,20,22). The first-order valence-electron chi connectivity index (χ1n) is 7.97. The van der Waals surface area contributed by atoms with Crippen molar-refractivity contribution in [2.24, 2.45) is 0 Å². The minimum Gasteiger partial charge on any atom is -0.452 e. The number of para-hydroxylation sites is 1. The van der Waals surface area contributed by atoms with Crippen LogP contribution in [0.3, 0.4) is 0 Å². The van der Waals surface area contributed by atoms with Gasteiger partial charge in [0.15, 0.2) is 6.61 Å². The number of nitrogens with one attached hydrogen (secondary N) is 2. The van der Waals surface area contributed by atoms with Crippen molar-refractivity contribution >= 4 is 28.9 Å². The number of nitro benzene ring substituents is 1. The Morgan fingerprint density at radius 2 is 1.88 bits per heavy atom. The summed E-state index contributed by atoms with van der Waals surface area (Å²) in [5.74, 6) is -1.31. The summed E-state index contributed by atoms with van der Waals surface area (Å²) in [5, 5.41) is 16.3. The van der Waals surface area contributed by atoms with Crippen LogP contribution in [0, 0.1) is 10.1 Å². The average Bonchev–Trinajstić information content (AvgIpc) is 2.65. The second-order valence-electron chi connectivity index (χ2n) is 5.37. The van der Waals surface area contributed by atoms with E-state index in [9.17, 15) is 19.7 Å². The summed E-state index contributed by atoms with van der Waals surface area (Å²) < 4.78 is 5.00. The van der Waals surface area contributed by atoms with Gasteiger partial charge in [-0.15, -0.1) is 0 Å². The third-order valence-corrected chi connectivity index (χ3v) is 3.71. The highest BCUT2D eigenvalue weighted by Crippen LogP contribution is 2.22. The van der Waals surface area contributed by atoms with Crippen LogP contribution in [0.25, 0.3) is 0 Å². The van der Waals surface area contributed by atoms with Crippen molar-refractivity contribution in [3.8, 4) is 0 Å². The maximum atomic E-state index is 12.2. The molecule has 0 fully saturated rings. The second kappa shape index (κ2) is 8.61. The van der Waals surface area contributed by atoms with Gasteiger partial charge in [0.25, 0.3) is 11.6 Å². The second-order valence-corrected chi connectivity index (χ2v) is 5.37. The van der Waals surface area contributed by atoms with Crippen LogP contribution in [0.4, 0.5) is 17.1 Å². The molecule has 2 aromatic carbocycles. The number of amides is 1. The van der Waals surface area contributed by atoms with E-state index in [0.717, 1.165) is 18.1 Å². The van der Waals surface area contributed by atoms with Crippen LogP contribution < -0.4 is 10.6 Å². The molecule has 2 aromatic rings. The number of hydrogen-bond acceptors (Lipinski definition) is 6. The van der Waals surface area contributed by atoms with Gasteiger partial charge in [-0.25, -0.2) is 4.79 Å². The molecule has 0 aliphatic heterocycles. The van der Waals surface area contributed by atoms with Gasteiger partial charge < -0.3 is 15.4 Å². The fourth-order valence-electron chi connectivity index (χ4n) is 2.38. The van der Waals surface area contributed by atoms with E-state index in [0.29, 0.717) is 11.4 Å². The first kappa shape index (κ1) is 18.9. The van der Waals surface area contributed by atoms with Crippen LogP contribution in [0.2, 0.25) is 0 Å². The molecule has 8 heteroatoms. The Morgan fingerprint density at radius 3 is 2.54 bits per heavy atom. The highest BCUT2D eigenvalue weighted by Gasteiger charge is 2.18. The Balaban J connectivity index is 2.05. The van der Waals surface area contributed by atoms with Crippen LogP contribution in [0.15, 0.2) is 42.5 Å². The molecular formula is C18H19N3O5. The van der Waals surface area contributed by atoms with Crippen molar-refractivity contribution in [2.45, 2.75) is 13.3 Å². The van der Waals surface area contributed by atoms with Crippen molar-refractivity contribution in [2.75, 3.05) is 24.3 Å². The predicted molar refractivity (Wildman–Crippen MR) is 97.4 cm³/mol. The summed E-state index contributed by atoms with van der Waals surface area (Å²) in [6.07, 6.45) is 0.745. The van der Waals surface area contributed by atoms with Crippen molar-refractivity contribution < 1.29 is 19.2 Å². The quantitative estimate of drug-likeness (QED) is 0.448. The van der Waals surface area contributed by atoms with Gasteiger partial charge in [0, 0.05) is 30.6 Å². The molecule has 1 amide bonds. The van der Waals surface area contributed by atoms with Crippen molar-refractivity contribution in [3.63, 3.8) is 0 Å². The Morgan fingerprint density at radius 1 is 1.15 bits per heavy atom. The first-order valence-corrected chi connectivity index (χ1v) is 7.97. The fraction of sp³-hybridized carbons (Fsp3) is 0.222.